The third-order valence-electron chi connectivity index (χ3n) is 1.78. The molecule has 1 N–H and O–H groups in total. The summed E-state index contributed by atoms with van der Waals surface area (Å²) in [6.07, 6.45) is 0. The van der Waals surface area contributed by atoms with Gasteiger partial charge in [-0.3, -0.25) is 0 Å². The van der Waals surface area contributed by atoms with E-state index < -0.39 is 12.2 Å². The fraction of sp³-hybridized carbons (Fsp3) is 0.300. The van der Waals surface area contributed by atoms with E-state index in [-0.39, 0.29) is 0 Å². The van der Waals surface area contributed by atoms with Crippen LogP contribution in [0.2, 0.25) is 0 Å². The van der Waals surface area contributed by atoms with Gasteiger partial charge < -0.3 is 5.32 Å². The number of alkyl halides is 1. The number of nitrogens with zero attached hydrogens (tertiary/aromatic N) is 1. The maximum atomic E-state index is 12.5. The Labute approximate surface area is 90.9 Å². The largest absolute Gasteiger partial charge is 0.365 e. The Bertz CT molecular complexity index is 344. The van der Waals surface area contributed by atoms with Gasteiger partial charge in [-0.25, -0.2) is 4.39 Å². The molecule has 74 valence electrons. The number of hydrogen-bond donors (Lipinski definition) is 1. The maximum absolute atomic E-state index is 12.5. The summed E-state index contributed by atoms with van der Waals surface area (Å²) in [6.45, 7) is 0.800. The van der Waals surface area contributed by atoms with Crippen LogP contribution < -0.4 is 5.32 Å². The molecule has 1 atom stereocenters. The highest BCUT2D eigenvalue weighted by Crippen LogP contribution is 2.18. The number of nitrogens with one attached hydrogen (secondary N) is 1. The quantitative estimate of drug-likeness (QED) is 0.902. The van der Waals surface area contributed by atoms with Crippen molar-refractivity contribution in [1.82, 2.24) is 0 Å². The van der Waals surface area contributed by atoms with E-state index >= 15 is 0 Å². The lowest BCUT2D eigenvalue weighted by Gasteiger charge is -2.20. The number of hydrogen-bond acceptors (Lipinski definition) is 2. The molecule has 0 heterocycles. The molecule has 1 unspecified atom stereocenters. The molecular weight excluding hydrogens is 247 g/mol. The second-order valence-corrected chi connectivity index (χ2v) is 4.13. The van der Waals surface area contributed by atoms with Gasteiger partial charge in [-0.15, -0.1) is 0 Å². The van der Waals surface area contributed by atoms with Gasteiger partial charge >= 0.3 is 0 Å². The molecule has 0 aliphatic carbocycles. The summed E-state index contributed by atoms with van der Waals surface area (Å²) >= 11 is 3.29. The first kappa shape index (κ1) is 11.0. The molecule has 1 aromatic carbocycles. The van der Waals surface area contributed by atoms with Crippen LogP contribution in [0.3, 0.4) is 0 Å². The molecule has 0 aliphatic rings. The highest BCUT2D eigenvalue weighted by molar-refractivity contribution is 9.10. The molecule has 1 rings (SSSR count). The predicted octanol–water partition coefficient (Wildman–Crippen LogP) is 3.11. The average molecular weight is 257 g/mol. The van der Waals surface area contributed by atoms with Gasteiger partial charge in [0.1, 0.15) is 6.67 Å². The van der Waals surface area contributed by atoms with Crippen LogP contribution in [-0.4, -0.2) is 12.2 Å². The Morgan fingerprint density at radius 3 is 2.50 bits per heavy atom. The van der Waals surface area contributed by atoms with Gasteiger partial charge in [0.2, 0.25) is 0 Å². The molecule has 0 saturated carbocycles. The lowest BCUT2D eigenvalue weighted by molar-refractivity contribution is 0.410. The molecule has 0 fully saturated rings. The number of rotatable bonds is 3. The van der Waals surface area contributed by atoms with Gasteiger partial charge in [-0.1, -0.05) is 15.9 Å². The van der Waals surface area contributed by atoms with E-state index in [9.17, 15) is 4.39 Å². The van der Waals surface area contributed by atoms with Crippen molar-refractivity contribution in [2.45, 2.75) is 12.5 Å². The van der Waals surface area contributed by atoms with Gasteiger partial charge in [0.15, 0.2) is 5.54 Å². The maximum Gasteiger partial charge on any atom is 0.151 e. The Morgan fingerprint density at radius 1 is 1.50 bits per heavy atom. The van der Waals surface area contributed by atoms with E-state index in [4.69, 9.17) is 5.26 Å². The number of halogens is 2. The molecule has 2 nitrogen and oxygen atoms in total. The predicted molar refractivity (Wildman–Crippen MR) is 57.8 cm³/mol. The second kappa shape index (κ2) is 4.43. The minimum absolute atomic E-state index is 0.723. The smallest absolute Gasteiger partial charge is 0.151 e. The summed E-state index contributed by atoms with van der Waals surface area (Å²) in [4.78, 5) is 0. The molecule has 4 heteroatoms. The van der Waals surface area contributed by atoms with Crippen LogP contribution in [0.15, 0.2) is 28.7 Å². The standard InChI is InChI=1S/C10H10BrFN2/c1-10(6-12,7-13)14-9-4-2-8(11)3-5-9/h2-5,14H,6H2,1H3. The van der Waals surface area contributed by atoms with E-state index in [1.165, 1.54) is 6.92 Å². The molecule has 1 aromatic rings. The van der Waals surface area contributed by atoms with Gasteiger partial charge in [-0.05, 0) is 31.2 Å². The van der Waals surface area contributed by atoms with Gasteiger partial charge in [0.25, 0.3) is 0 Å². The van der Waals surface area contributed by atoms with Crippen LogP contribution in [0, 0.1) is 11.3 Å². The average Bonchev–Trinajstić information content (AvgIpc) is 2.21. The van der Waals surface area contributed by atoms with Crippen LogP contribution in [0.4, 0.5) is 10.1 Å². The second-order valence-electron chi connectivity index (χ2n) is 3.21. The summed E-state index contributed by atoms with van der Waals surface area (Å²) in [5, 5.41) is 11.6. The molecule has 0 bridgehead atoms. The Morgan fingerprint density at radius 2 is 2.07 bits per heavy atom. The van der Waals surface area contributed by atoms with Crippen molar-refractivity contribution in [3.63, 3.8) is 0 Å². The number of nitriles is 1. The van der Waals surface area contributed by atoms with Crippen molar-refractivity contribution in [2.75, 3.05) is 12.0 Å². The van der Waals surface area contributed by atoms with Crippen molar-refractivity contribution in [1.29, 1.82) is 5.26 Å². The van der Waals surface area contributed by atoms with Crippen LogP contribution in [0.25, 0.3) is 0 Å². The lowest BCUT2D eigenvalue weighted by Crippen LogP contribution is -2.35. The first-order chi connectivity index (χ1) is 6.59. The van der Waals surface area contributed by atoms with Crippen molar-refractivity contribution < 1.29 is 4.39 Å². The summed E-state index contributed by atoms with van der Waals surface area (Å²) in [6, 6.07) is 9.13. The Hall–Kier alpha value is -1.08. The minimum atomic E-state index is -1.15. The van der Waals surface area contributed by atoms with Crippen molar-refractivity contribution in [3.8, 4) is 6.07 Å². The van der Waals surface area contributed by atoms with E-state index in [0.717, 1.165) is 10.2 Å². The van der Waals surface area contributed by atoms with E-state index in [0.29, 0.717) is 0 Å². The van der Waals surface area contributed by atoms with Gasteiger partial charge in [0.05, 0.1) is 6.07 Å². The zero-order chi connectivity index (χ0) is 10.6. The summed E-state index contributed by atoms with van der Waals surface area (Å²) in [5.74, 6) is 0. The molecule has 0 aromatic heterocycles. The van der Waals surface area contributed by atoms with Crippen LogP contribution in [0.1, 0.15) is 6.92 Å². The van der Waals surface area contributed by atoms with Gasteiger partial charge in [0, 0.05) is 10.2 Å². The molecule has 14 heavy (non-hydrogen) atoms. The highest BCUT2D eigenvalue weighted by Gasteiger charge is 2.22. The highest BCUT2D eigenvalue weighted by atomic mass is 79.9. The zero-order valence-corrected chi connectivity index (χ0v) is 9.31. The molecule has 0 spiro atoms. The third-order valence-corrected chi connectivity index (χ3v) is 2.31. The third kappa shape index (κ3) is 2.71. The topological polar surface area (TPSA) is 35.8 Å². The molecular formula is C10H10BrFN2. The van der Waals surface area contributed by atoms with Crippen molar-refractivity contribution in [2.24, 2.45) is 0 Å². The molecule has 0 saturated heterocycles. The summed E-state index contributed by atoms with van der Waals surface area (Å²) < 4.78 is 13.5. The van der Waals surface area contributed by atoms with Crippen molar-refractivity contribution in [3.05, 3.63) is 28.7 Å². The normalized spacial score (nSPS) is 14.1. The van der Waals surface area contributed by atoms with Gasteiger partial charge in [-0.2, -0.15) is 5.26 Å². The van der Waals surface area contributed by atoms with E-state index in [2.05, 4.69) is 21.2 Å². The minimum Gasteiger partial charge on any atom is -0.365 e. The first-order valence-corrected chi connectivity index (χ1v) is 4.90. The van der Waals surface area contributed by atoms with Crippen LogP contribution in [-0.2, 0) is 0 Å². The summed E-state index contributed by atoms with van der Waals surface area (Å²) in [7, 11) is 0. The SMILES string of the molecule is CC(C#N)(CF)Nc1ccc(Br)cc1. The Balaban J connectivity index is 2.79. The Kier molecular flexibility index (Phi) is 3.48. The first-order valence-electron chi connectivity index (χ1n) is 4.10. The molecule has 0 amide bonds. The number of benzene rings is 1. The van der Waals surface area contributed by atoms with E-state index in [1.54, 1.807) is 12.1 Å². The molecule has 0 radical (unpaired) electrons. The van der Waals surface area contributed by atoms with E-state index in [1.807, 2.05) is 18.2 Å². The van der Waals surface area contributed by atoms with Crippen molar-refractivity contribution >= 4 is 21.6 Å². The van der Waals surface area contributed by atoms with Crippen LogP contribution >= 0.6 is 15.9 Å². The van der Waals surface area contributed by atoms with Crippen LogP contribution in [0.5, 0.6) is 0 Å². The lowest BCUT2D eigenvalue weighted by atomic mass is 10.1. The monoisotopic (exact) mass is 256 g/mol. The molecule has 0 aliphatic heterocycles. The summed E-state index contributed by atoms with van der Waals surface area (Å²) in [5.41, 5.74) is -0.414. The zero-order valence-electron chi connectivity index (χ0n) is 7.72. The number of anilines is 1. The fourth-order valence-electron chi connectivity index (χ4n) is 0.943. The fourth-order valence-corrected chi connectivity index (χ4v) is 1.21.